The number of anilines is 1. The number of nitrogens with zero attached hydrogens (tertiary/aromatic N) is 1. The first-order chi connectivity index (χ1) is 9.99. The molecule has 1 aromatic heterocycles. The lowest BCUT2D eigenvalue weighted by Crippen LogP contribution is -2.10. The number of pyridine rings is 1. The molecular formula is C16H17FN2O2. The highest BCUT2D eigenvalue weighted by molar-refractivity contribution is 5.88. The van der Waals surface area contributed by atoms with Gasteiger partial charge in [0.15, 0.2) is 0 Å². The van der Waals surface area contributed by atoms with Gasteiger partial charge >= 0.3 is 5.97 Å². The van der Waals surface area contributed by atoms with E-state index in [2.05, 4.69) is 10.3 Å². The van der Waals surface area contributed by atoms with Crippen LogP contribution in [0.15, 0.2) is 36.4 Å². The van der Waals surface area contributed by atoms with Crippen molar-refractivity contribution in [2.45, 2.75) is 26.3 Å². The molecule has 0 fully saturated rings. The van der Waals surface area contributed by atoms with Gasteiger partial charge in [0.2, 0.25) is 0 Å². The van der Waals surface area contributed by atoms with Gasteiger partial charge in [0.25, 0.3) is 0 Å². The molecule has 0 aliphatic rings. The molecule has 0 aliphatic carbocycles. The van der Waals surface area contributed by atoms with Crippen molar-refractivity contribution in [3.63, 3.8) is 0 Å². The number of carboxylic acid groups (broad SMARTS) is 1. The molecule has 1 unspecified atom stereocenters. The van der Waals surface area contributed by atoms with Gasteiger partial charge in [-0.05, 0) is 43.2 Å². The molecule has 0 saturated carbocycles. The second kappa shape index (κ2) is 6.35. The number of benzene rings is 1. The number of aromatic nitrogens is 1. The molecule has 1 atom stereocenters. The van der Waals surface area contributed by atoms with E-state index in [1.54, 1.807) is 18.2 Å². The van der Waals surface area contributed by atoms with Crippen molar-refractivity contribution >= 4 is 11.8 Å². The molecule has 0 spiro atoms. The van der Waals surface area contributed by atoms with E-state index in [-0.39, 0.29) is 17.4 Å². The molecule has 4 nitrogen and oxygen atoms in total. The lowest BCUT2D eigenvalue weighted by molar-refractivity contribution is 0.0696. The fraction of sp³-hybridized carbons (Fsp3) is 0.250. The summed E-state index contributed by atoms with van der Waals surface area (Å²) in [6.07, 6.45) is 0.654. The zero-order chi connectivity index (χ0) is 15.4. The molecule has 110 valence electrons. The summed E-state index contributed by atoms with van der Waals surface area (Å²) in [5, 5.41) is 12.3. The Morgan fingerprint density at radius 2 is 2.00 bits per heavy atom. The van der Waals surface area contributed by atoms with Gasteiger partial charge in [0.05, 0.1) is 5.56 Å². The van der Waals surface area contributed by atoms with Crippen LogP contribution in [0.1, 0.15) is 41.5 Å². The maximum atomic E-state index is 12.9. The molecule has 21 heavy (non-hydrogen) atoms. The summed E-state index contributed by atoms with van der Waals surface area (Å²) in [6.45, 7) is 3.83. The summed E-state index contributed by atoms with van der Waals surface area (Å²) in [5.41, 5.74) is 1.82. The van der Waals surface area contributed by atoms with Crippen LogP contribution in [0.4, 0.5) is 10.2 Å². The van der Waals surface area contributed by atoms with Crippen molar-refractivity contribution in [1.82, 2.24) is 4.98 Å². The number of hydrogen-bond acceptors (Lipinski definition) is 3. The second-order valence-electron chi connectivity index (χ2n) is 4.81. The monoisotopic (exact) mass is 288 g/mol. The van der Waals surface area contributed by atoms with Crippen molar-refractivity contribution in [2.75, 3.05) is 5.32 Å². The van der Waals surface area contributed by atoms with Gasteiger partial charge in [-0.2, -0.15) is 0 Å². The molecule has 0 bridgehead atoms. The van der Waals surface area contributed by atoms with Crippen LogP contribution < -0.4 is 5.32 Å². The maximum Gasteiger partial charge on any atom is 0.335 e. The summed E-state index contributed by atoms with van der Waals surface area (Å²) in [4.78, 5) is 15.5. The predicted octanol–water partition coefficient (Wildman–Crippen LogP) is 3.65. The summed E-state index contributed by atoms with van der Waals surface area (Å²) in [7, 11) is 0. The average molecular weight is 288 g/mol. The number of rotatable bonds is 5. The molecule has 2 N–H and O–H groups in total. The Morgan fingerprint density at radius 3 is 2.57 bits per heavy atom. The molecule has 5 heteroatoms. The zero-order valence-electron chi connectivity index (χ0n) is 11.9. The minimum atomic E-state index is -0.982. The van der Waals surface area contributed by atoms with E-state index in [1.165, 1.54) is 18.2 Å². The van der Waals surface area contributed by atoms with Crippen LogP contribution >= 0.6 is 0 Å². The maximum absolute atomic E-state index is 12.9. The van der Waals surface area contributed by atoms with Gasteiger partial charge < -0.3 is 10.4 Å². The smallest absolute Gasteiger partial charge is 0.335 e. The molecule has 2 aromatic rings. The summed E-state index contributed by atoms with van der Waals surface area (Å²) < 4.78 is 12.9. The van der Waals surface area contributed by atoms with Crippen molar-refractivity contribution in [3.8, 4) is 0 Å². The number of aromatic carboxylic acids is 1. The van der Waals surface area contributed by atoms with Gasteiger partial charge in [-0.3, -0.25) is 0 Å². The van der Waals surface area contributed by atoms with Crippen LogP contribution in [-0.4, -0.2) is 16.1 Å². The first-order valence-electron chi connectivity index (χ1n) is 6.76. The Balaban J connectivity index is 2.23. The molecular weight excluding hydrogens is 271 g/mol. The SMILES string of the molecule is CCc1cc(C(=O)O)cc(NC(C)c2ccc(F)cc2)n1. The van der Waals surface area contributed by atoms with E-state index >= 15 is 0 Å². The third kappa shape index (κ3) is 3.78. The van der Waals surface area contributed by atoms with Crippen LogP contribution in [0.25, 0.3) is 0 Å². The van der Waals surface area contributed by atoms with Crippen LogP contribution in [0.3, 0.4) is 0 Å². The highest BCUT2D eigenvalue weighted by Crippen LogP contribution is 2.20. The quantitative estimate of drug-likeness (QED) is 0.881. The van der Waals surface area contributed by atoms with E-state index in [0.717, 1.165) is 5.56 Å². The topological polar surface area (TPSA) is 62.2 Å². The molecule has 1 aromatic carbocycles. The fourth-order valence-corrected chi connectivity index (χ4v) is 2.02. The summed E-state index contributed by atoms with van der Waals surface area (Å²) in [6, 6.07) is 9.13. The number of carboxylic acids is 1. The molecule has 2 rings (SSSR count). The van der Waals surface area contributed by atoms with E-state index in [9.17, 15) is 9.18 Å². The van der Waals surface area contributed by atoms with Crippen molar-refractivity contribution < 1.29 is 14.3 Å². The molecule has 0 amide bonds. The van der Waals surface area contributed by atoms with Gasteiger partial charge in [-0.25, -0.2) is 14.2 Å². The summed E-state index contributed by atoms with van der Waals surface area (Å²) >= 11 is 0. The number of nitrogens with one attached hydrogen (secondary N) is 1. The Bertz CT molecular complexity index is 641. The molecule has 0 saturated heterocycles. The van der Waals surface area contributed by atoms with Gasteiger partial charge in [-0.15, -0.1) is 0 Å². The van der Waals surface area contributed by atoms with Crippen molar-refractivity contribution in [2.24, 2.45) is 0 Å². The Kier molecular flexibility index (Phi) is 4.52. The predicted molar refractivity (Wildman–Crippen MR) is 79.0 cm³/mol. The lowest BCUT2D eigenvalue weighted by Gasteiger charge is -2.16. The highest BCUT2D eigenvalue weighted by atomic mass is 19.1. The third-order valence-electron chi connectivity index (χ3n) is 3.22. The minimum Gasteiger partial charge on any atom is -0.478 e. The largest absolute Gasteiger partial charge is 0.478 e. The first-order valence-corrected chi connectivity index (χ1v) is 6.76. The first kappa shape index (κ1) is 15.0. The zero-order valence-corrected chi connectivity index (χ0v) is 11.9. The Morgan fingerprint density at radius 1 is 1.33 bits per heavy atom. The number of aryl methyl sites for hydroxylation is 1. The molecule has 1 heterocycles. The van der Waals surface area contributed by atoms with E-state index in [1.807, 2.05) is 13.8 Å². The van der Waals surface area contributed by atoms with Gasteiger partial charge in [-0.1, -0.05) is 19.1 Å². The third-order valence-corrected chi connectivity index (χ3v) is 3.22. The van der Waals surface area contributed by atoms with Crippen LogP contribution in [0.5, 0.6) is 0 Å². The molecule has 0 radical (unpaired) electrons. The Hall–Kier alpha value is -2.43. The lowest BCUT2D eigenvalue weighted by atomic mass is 10.1. The number of halogens is 1. The van der Waals surface area contributed by atoms with Crippen LogP contribution in [0.2, 0.25) is 0 Å². The van der Waals surface area contributed by atoms with Crippen LogP contribution in [0, 0.1) is 5.82 Å². The Labute approximate surface area is 122 Å². The van der Waals surface area contributed by atoms with E-state index in [4.69, 9.17) is 5.11 Å². The van der Waals surface area contributed by atoms with Gasteiger partial charge in [0.1, 0.15) is 11.6 Å². The second-order valence-corrected chi connectivity index (χ2v) is 4.81. The van der Waals surface area contributed by atoms with Crippen molar-refractivity contribution in [1.29, 1.82) is 0 Å². The molecule has 0 aliphatic heterocycles. The number of carbonyl (C=O) groups is 1. The van der Waals surface area contributed by atoms with Crippen LogP contribution in [-0.2, 0) is 6.42 Å². The standard InChI is InChI=1S/C16H17FN2O2/c1-3-14-8-12(16(20)21)9-15(19-14)18-10(2)11-4-6-13(17)7-5-11/h4-10H,3H2,1-2H3,(H,18,19)(H,20,21). The van der Waals surface area contributed by atoms with E-state index < -0.39 is 5.97 Å². The number of hydrogen-bond donors (Lipinski definition) is 2. The summed E-state index contributed by atoms with van der Waals surface area (Å²) in [5.74, 6) is -0.765. The van der Waals surface area contributed by atoms with E-state index in [0.29, 0.717) is 17.9 Å². The average Bonchev–Trinajstić information content (AvgIpc) is 2.47. The normalized spacial score (nSPS) is 12.0. The highest BCUT2D eigenvalue weighted by Gasteiger charge is 2.11. The van der Waals surface area contributed by atoms with Gasteiger partial charge in [0, 0.05) is 11.7 Å². The minimum absolute atomic E-state index is 0.105. The van der Waals surface area contributed by atoms with Crippen molar-refractivity contribution in [3.05, 3.63) is 59.0 Å². The fourth-order valence-electron chi connectivity index (χ4n) is 2.02.